The summed E-state index contributed by atoms with van der Waals surface area (Å²) < 4.78 is 0. The van der Waals surface area contributed by atoms with Crippen LogP contribution >= 0.6 is 23.4 Å². The number of halogens is 1. The molecule has 0 radical (unpaired) electrons. The van der Waals surface area contributed by atoms with Crippen molar-refractivity contribution in [2.24, 2.45) is 11.7 Å². The van der Waals surface area contributed by atoms with Crippen LogP contribution in [-0.4, -0.2) is 36.2 Å². The Bertz CT molecular complexity index is 695. The highest BCUT2D eigenvalue weighted by atomic mass is 35.5. The Kier molecular flexibility index (Phi) is 5.82. The second-order valence-electron chi connectivity index (χ2n) is 6.03. The Morgan fingerprint density at radius 2 is 1.83 bits per heavy atom. The highest BCUT2D eigenvalue weighted by Gasteiger charge is 2.35. The third kappa shape index (κ3) is 3.94. The van der Waals surface area contributed by atoms with E-state index in [2.05, 4.69) is 12.1 Å². The molecule has 0 unspecified atom stereocenters. The number of rotatable bonds is 5. The normalized spacial score (nSPS) is 20.3. The zero-order valence-corrected chi connectivity index (χ0v) is 15.0. The van der Waals surface area contributed by atoms with Gasteiger partial charge >= 0.3 is 0 Å². The average Bonchev–Trinajstić information content (AvgIpc) is 3.06. The fourth-order valence-electron chi connectivity index (χ4n) is 3.18. The van der Waals surface area contributed by atoms with Gasteiger partial charge in [0.25, 0.3) is 0 Å². The minimum Gasteiger partial charge on any atom is -0.341 e. The standard InChI is InChI=1S/C19H21ClN2OS/c20-17-8-4-5-9-18(17)24-13-19(23)22-11-15(10-21)16(12-22)14-6-2-1-3-7-14/h1-9,15-16H,10-13,21H2/t15-,16+/m1/s1. The molecule has 0 bridgehead atoms. The summed E-state index contributed by atoms with van der Waals surface area (Å²) in [6, 6.07) is 18.0. The van der Waals surface area contributed by atoms with Gasteiger partial charge in [0.05, 0.1) is 10.8 Å². The van der Waals surface area contributed by atoms with Gasteiger partial charge in [0.2, 0.25) is 5.91 Å². The van der Waals surface area contributed by atoms with Gasteiger partial charge in [-0.25, -0.2) is 0 Å². The molecule has 1 saturated heterocycles. The number of nitrogens with zero attached hydrogens (tertiary/aromatic N) is 1. The first-order valence-electron chi connectivity index (χ1n) is 8.09. The Morgan fingerprint density at radius 1 is 1.12 bits per heavy atom. The van der Waals surface area contributed by atoms with Crippen molar-refractivity contribution in [3.8, 4) is 0 Å². The number of carbonyl (C=O) groups is 1. The van der Waals surface area contributed by atoms with Crippen molar-refractivity contribution in [3.63, 3.8) is 0 Å². The van der Waals surface area contributed by atoms with Crippen molar-refractivity contribution in [1.82, 2.24) is 4.90 Å². The summed E-state index contributed by atoms with van der Waals surface area (Å²) in [6.07, 6.45) is 0. The minimum atomic E-state index is 0.150. The molecule has 2 aromatic rings. The van der Waals surface area contributed by atoms with Gasteiger partial charge in [-0.3, -0.25) is 4.79 Å². The van der Waals surface area contributed by atoms with Crippen LogP contribution in [0.1, 0.15) is 11.5 Å². The third-order valence-electron chi connectivity index (χ3n) is 4.51. The average molecular weight is 361 g/mol. The number of thioether (sulfide) groups is 1. The zero-order valence-electron chi connectivity index (χ0n) is 13.4. The molecule has 2 aromatic carbocycles. The fraction of sp³-hybridized carbons (Fsp3) is 0.316. The first-order chi connectivity index (χ1) is 11.7. The molecular weight excluding hydrogens is 340 g/mol. The number of hydrogen-bond acceptors (Lipinski definition) is 3. The Labute approximate surface area is 152 Å². The van der Waals surface area contributed by atoms with E-state index in [1.807, 2.05) is 47.4 Å². The van der Waals surface area contributed by atoms with Gasteiger partial charge in [-0.2, -0.15) is 0 Å². The summed E-state index contributed by atoms with van der Waals surface area (Å²) in [6.45, 7) is 2.08. The summed E-state index contributed by atoms with van der Waals surface area (Å²) in [5, 5.41) is 0.693. The fourth-order valence-corrected chi connectivity index (χ4v) is 4.33. The van der Waals surface area contributed by atoms with E-state index < -0.39 is 0 Å². The van der Waals surface area contributed by atoms with Crippen LogP contribution < -0.4 is 5.73 Å². The first-order valence-corrected chi connectivity index (χ1v) is 9.45. The summed E-state index contributed by atoms with van der Waals surface area (Å²) in [7, 11) is 0. The lowest BCUT2D eigenvalue weighted by atomic mass is 9.89. The molecular formula is C19H21ClN2OS. The number of hydrogen-bond donors (Lipinski definition) is 1. The lowest BCUT2D eigenvalue weighted by Crippen LogP contribution is -2.31. The van der Waals surface area contributed by atoms with Crippen LogP contribution in [0.2, 0.25) is 5.02 Å². The van der Waals surface area contributed by atoms with E-state index in [-0.39, 0.29) is 5.91 Å². The quantitative estimate of drug-likeness (QED) is 0.828. The molecule has 1 fully saturated rings. The highest BCUT2D eigenvalue weighted by Crippen LogP contribution is 2.33. The predicted molar refractivity (Wildman–Crippen MR) is 100 cm³/mol. The summed E-state index contributed by atoms with van der Waals surface area (Å²) in [5.74, 6) is 1.20. The molecule has 0 aliphatic carbocycles. The van der Waals surface area contributed by atoms with Crippen LogP contribution in [0.15, 0.2) is 59.5 Å². The molecule has 1 amide bonds. The topological polar surface area (TPSA) is 46.3 Å². The van der Waals surface area contributed by atoms with Crippen LogP contribution in [-0.2, 0) is 4.79 Å². The molecule has 3 nitrogen and oxygen atoms in total. The first kappa shape index (κ1) is 17.3. The van der Waals surface area contributed by atoms with Crippen molar-refractivity contribution in [2.75, 3.05) is 25.4 Å². The molecule has 24 heavy (non-hydrogen) atoms. The van der Waals surface area contributed by atoms with Crippen LogP contribution in [0, 0.1) is 5.92 Å². The van der Waals surface area contributed by atoms with Crippen LogP contribution in [0.5, 0.6) is 0 Å². The van der Waals surface area contributed by atoms with Crippen molar-refractivity contribution < 1.29 is 4.79 Å². The van der Waals surface area contributed by atoms with Crippen molar-refractivity contribution >= 4 is 29.3 Å². The molecule has 0 spiro atoms. The lowest BCUT2D eigenvalue weighted by Gasteiger charge is -2.17. The van der Waals surface area contributed by atoms with Crippen LogP contribution in [0.25, 0.3) is 0 Å². The molecule has 3 rings (SSSR count). The monoisotopic (exact) mass is 360 g/mol. The summed E-state index contributed by atoms with van der Waals surface area (Å²) >= 11 is 7.65. The number of likely N-dealkylation sites (tertiary alicyclic amines) is 1. The van der Waals surface area contributed by atoms with E-state index in [4.69, 9.17) is 17.3 Å². The van der Waals surface area contributed by atoms with E-state index >= 15 is 0 Å². The number of carbonyl (C=O) groups excluding carboxylic acids is 1. The van der Waals surface area contributed by atoms with E-state index in [9.17, 15) is 4.79 Å². The SMILES string of the molecule is NC[C@@H]1CN(C(=O)CSc2ccccc2Cl)C[C@H]1c1ccccc1. The molecule has 2 N–H and O–H groups in total. The van der Waals surface area contributed by atoms with E-state index in [0.717, 1.165) is 18.0 Å². The van der Waals surface area contributed by atoms with Gasteiger partial charge < -0.3 is 10.6 Å². The maximum absolute atomic E-state index is 12.6. The highest BCUT2D eigenvalue weighted by molar-refractivity contribution is 8.00. The number of amides is 1. The van der Waals surface area contributed by atoms with Crippen LogP contribution in [0.4, 0.5) is 0 Å². The van der Waals surface area contributed by atoms with Gasteiger partial charge in [-0.15, -0.1) is 11.8 Å². The van der Waals surface area contributed by atoms with Gasteiger partial charge in [-0.1, -0.05) is 54.1 Å². The van der Waals surface area contributed by atoms with Gasteiger partial charge in [0.1, 0.15) is 0 Å². The molecule has 126 valence electrons. The van der Waals surface area contributed by atoms with Crippen LogP contribution in [0.3, 0.4) is 0 Å². The third-order valence-corrected chi connectivity index (χ3v) is 6.01. The molecule has 1 heterocycles. The molecule has 0 aromatic heterocycles. The second kappa shape index (κ2) is 8.06. The van der Waals surface area contributed by atoms with Gasteiger partial charge in [0.15, 0.2) is 0 Å². The molecule has 1 aliphatic rings. The van der Waals surface area contributed by atoms with Gasteiger partial charge in [0, 0.05) is 23.9 Å². The summed E-state index contributed by atoms with van der Waals surface area (Å²) in [5.41, 5.74) is 7.21. The van der Waals surface area contributed by atoms with Crippen molar-refractivity contribution in [3.05, 3.63) is 65.2 Å². The molecule has 1 aliphatic heterocycles. The minimum absolute atomic E-state index is 0.150. The lowest BCUT2D eigenvalue weighted by molar-refractivity contribution is -0.127. The number of benzene rings is 2. The smallest absolute Gasteiger partial charge is 0.232 e. The molecule has 0 saturated carbocycles. The van der Waals surface area contributed by atoms with Crippen molar-refractivity contribution in [1.29, 1.82) is 0 Å². The van der Waals surface area contributed by atoms with E-state index in [1.165, 1.54) is 17.3 Å². The molecule has 2 atom stereocenters. The van der Waals surface area contributed by atoms with Crippen molar-refractivity contribution in [2.45, 2.75) is 10.8 Å². The maximum atomic E-state index is 12.6. The van der Waals surface area contributed by atoms with E-state index in [1.54, 1.807) is 0 Å². The summed E-state index contributed by atoms with van der Waals surface area (Å²) in [4.78, 5) is 15.5. The number of nitrogens with two attached hydrogens (primary N) is 1. The second-order valence-corrected chi connectivity index (χ2v) is 7.46. The van der Waals surface area contributed by atoms with E-state index in [0.29, 0.717) is 29.2 Å². The Hall–Kier alpha value is -1.49. The zero-order chi connectivity index (χ0) is 16.9. The predicted octanol–water partition coefficient (Wildman–Crippen LogP) is 3.63. The largest absolute Gasteiger partial charge is 0.341 e. The van der Waals surface area contributed by atoms with Gasteiger partial charge in [-0.05, 0) is 30.2 Å². The maximum Gasteiger partial charge on any atom is 0.232 e. The molecule has 5 heteroatoms. The Morgan fingerprint density at radius 3 is 2.54 bits per heavy atom. The Balaban J connectivity index is 1.63.